The van der Waals surface area contributed by atoms with Crippen LogP contribution in [0.25, 0.3) is 11.4 Å². The average molecular weight is 540 g/mol. The lowest BCUT2D eigenvalue weighted by atomic mass is 10.2. The third-order valence-electron chi connectivity index (χ3n) is 5.92. The molecule has 196 valence electrons. The number of hydrogen-bond acceptors (Lipinski definition) is 8. The summed E-state index contributed by atoms with van der Waals surface area (Å²) in [5.74, 6) is 4.62. The zero-order valence-electron chi connectivity index (χ0n) is 20.6. The zero-order valence-corrected chi connectivity index (χ0v) is 21.3. The normalized spacial score (nSPS) is 16.4. The standard InChI is InChI=1S/C25H24ClF2N9O/c1-15(6-8-38-24-18(13-32-36(24)2)23-30-7-5-22(29)35-23)34-19-9-21(26)31-12-17(19)4-3-16-11-33-37(14-16)20-10-25(20,27)28/h5,7,9,11-15,20H,6,8,10H2,1-2H3,(H,31,34)(H2,29,30,35)/t15-,20?/m0/s1. The second-order valence-corrected chi connectivity index (χ2v) is 9.35. The van der Waals surface area contributed by atoms with Gasteiger partial charge in [0.2, 0.25) is 5.88 Å². The van der Waals surface area contributed by atoms with Crippen LogP contribution in [0, 0.1) is 11.8 Å². The molecule has 0 aliphatic heterocycles. The fraction of sp³-hybridized carbons (Fsp3) is 0.320. The van der Waals surface area contributed by atoms with Gasteiger partial charge >= 0.3 is 0 Å². The number of rotatable bonds is 8. The molecule has 0 spiro atoms. The van der Waals surface area contributed by atoms with Crippen molar-refractivity contribution in [2.45, 2.75) is 37.8 Å². The van der Waals surface area contributed by atoms with E-state index in [1.54, 1.807) is 42.5 Å². The van der Waals surface area contributed by atoms with Gasteiger partial charge in [-0.2, -0.15) is 10.2 Å². The molecule has 1 aliphatic carbocycles. The number of ether oxygens (including phenoxy) is 1. The van der Waals surface area contributed by atoms with Crippen molar-refractivity contribution in [2.24, 2.45) is 7.05 Å². The van der Waals surface area contributed by atoms with E-state index in [0.717, 1.165) is 0 Å². The average Bonchev–Trinajstić information content (AvgIpc) is 3.18. The van der Waals surface area contributed by atoms with Gasteiger partial charge in [0.15, 0.2) is 5.82 Å². The van der Waals surface area contributed by atoms with Crippen molar-refractivity contribution in [2.75, 3.05) is 17.7 Å². The fourth-order valence-corrected chi connectivity index (χ4v) is 3.93. The number of hydrogen-bond donors (Lipinski definition) is 2. The second kappa shape index (κ2) is 10.3. The first-order valence-corrected chi connectivity index (χ1v) is 12.2. The van der Waals surface area contributed by atoms with Crippen LogP contribution >= 0.6 is 11.6 Å². The Morgan fingerprint density at radius 2 is 2.08 bits per heavy atom. The maximum absolute atomic E-state index is 13.3. The maximum atomic E-state index is 13.3. The number of nitrogen functional groups attached to an aromatic ring is 1. The van der Waals surface area contributed by atoms with Crippen molar-refractivity contribution in [3.8, 4) is 29.1 Å². The number of nitrogens with two attached hydrogens (primary N) is 1. The molecule has 0 aromatic carbocycles. The minimum absolute atomic E-state index is 0.0193. The Labute approximate surface area is 222 Å². The predicted octanol–water partition coefficient (Wildman–Crippen LogP) is 3.95. The van der Waals surface area contributed by atoms with Crippen LogP contribution in [0.4, 0.5) is 20.3 Å². The molecule has 5 rings (SSSR count). The molecule has 1 aliphatic rings. The van der Waals surface area contributed by atoms with Gasteiger partial charge in [-0.1, -0.05) is 23.4 Å². The molecular weight excluding hydrogens is 516 g/mol. The molecule has 1 saturated carbocycles. The van der Waals surface area contributed by atoms with Crippen LogP contribution in [0.5, 0.6) is 5.88 Å². The number of nitrogens with zero attached hydrogens (tertiary/aromatic N) is 7. The van der Waals surface area contributed by atoms with Crippen molar-refractivity contribution in [1.82, 2.24) is 34.5 Å². The molecular formula is C25H24ClF2N9O. The van der Waals surface area contributed by atoms with Crippen LogP contribution in [0.3, 0.4) is 0 Å². The van der Waals surface area contributed by atoms with E-state index in [1.165, 1.54) is 17.1 Å². The minimum Gasteiger partial charge on any atom is -0.477 e. The minimum atomic E-state index is -2.70. The summed E-state index contributed by atoms with van der Waals surface area (Å²) in [7, 11) is 1.77. The van der Waals surface area contributed by atoms with Gasteiger partial charge in [-0.15, -0.1) is 0 Å². The quantitative estimate of drug-likeness (QED) is 0.255. The largest absolute Gasteiger partial charge is 0.477 e. The molecule has 1 unspecified atom stereocenters. The number of anilines is 2. The van der Waals surface area contributed by atoms with Crippen LogP contribution < -0.4 is 15.8 Å². The molecule has 1 fully saturated rings. The molecule has 38 heavy (non-hydrogen) atoms. The molecule has 0 radical (unpaired) electrons. The Morgan fingerprint density at radius 1 is 1.26 bits per heavy atom. The zero-order chi connectivity index (χ0) is 26.9. The summed E-state index contributed by atoms with van der Waals surface area (Å²) in [6.07, 6.45) is 8.21. The summed E-state index contributed by atoms with van der Waals surface area (Å²) in [4.78, 5) is 12.6. The van der Waals surface area contributed by atoms with Gasteiger partial charge in [0.1, 0.15) is 22.6 Å². The molecule has 0 amide bonds. The summed E-state index contributed by atoms with van der Waals surface area (Å²) < 4.78 is 35.5. The summed E-state index contributed by atoms with van der Waals surface area (Å²) in [6.45, 7) is 2.38. The Balaban J connectivity index is 1.22. The molecule has 0 saturated heterocycles. The summed E-state index contributed by atoms with van der Waals surface area (Å²) in [5, 5.41) is 12.0. The van der Waals surface area contributed by atoms with E-state index in [1.807, 2.05) is 6.92 Å². The number of alkyl halides is 2. The van der Waals surface area contributed by atoms with Crippen LogP contribution in [0.2, 0.25) is 5.15 Å². The van der Waals surface area contributed by atoms with Crippen molar-refractivity contribution in [3.63, 3.8) is 0 Å². The maximum Gasteiger partial charge on any atom is 0.272 e. The van der Waals surface area contributed by atoms with Gasteiger partial charge in [0.05, 0.1) is 35.8 Å². The lowest BCUT2D eigenvalue weighted by molar-refractivity contribution is 0.0983. The highest BCUT2D eigenvalue weighted by atomic mass is 35.5. The second-order valence-electron chi connectivity index (χ2n) is 8.97. The van der Waals surface area contributed by atoms with Crippen molar-refractivity contribution < 1.29 is 13.5 Å². The van der Waals surface area contributed by atoms with E-state index in [0.29, 0.717) is 58.1 Å². The van der Waals surface area contributed by atoms with Crippen molar-refractivity contribution >= 4 is 23.1 Å². The van der Waals surface area contributed by atoms with Crippen molar-refractivity contribution in [3.05, 3.63) is 59.4 Å². The fourth-order valence-electron chi connectivity index (χ4n) is 3.77. The third kappa shape index (κ3) is 5.68. The molecule has 2 atom stereocenters. The van der Waals surface area contributed by atoms with E-state index in [-0.39, 0.29) is 12.5 Å². The Hall–Kier alpha value is -4.24. The SMILES string of the molecule is C[C@@H](CCOc1c(-c2nccc(N)n2)cnn1C)Nc1cc(Cl)ncc1C#Cc1cnn(C2CC2(F)F)c1. The highest BCUT2D eigenvalue weighted by Gasteiger charge is 2.59. The Bertz CT molecular complexity index is 1520. The molecule has 0 bridgehead atoms. The molecule has 3 N–H and O–H groups in total. The number of aromatic nitrogens is 7. The summed E-state index contributed by atoms with van der Waals surface area (Å²) >= 11 is 6.13. The monoisotopic (exact) mass is 539 g/mol. The van der Waals surface area contributed by atoms with Gasteiger partial charge in [0, 0.05) is 44.5 Å². The topological polar surface area (TPSA) is 122 Å². The van der Waals surface area contributed by atoms with E-state index < -0.39 is 12.0 Å². The number of aryl methyl sites for hydroxylation is 1. The molecule has 4 aromatic rings. The third-order valence-corrected chi connectivity index (χ3v) is 6.13. The van der Waals surface area contributed by atoms with Crippen LogP contribution in [-0.4, -0.2) is 53.1 Å². The number of halogens is 3. The van der Waals surface area contributed by atoms with Gasteiger partial charge in [-0.25, -0.2) is 28.4 Å². The predicted molar refractivity (Wildman–Crippen MR) is 138 cm³/mol. The highest BCUT2D eigenvalue weighted by Crippen LogP contribution is 2.52. The Morgan fingerprint density at radius 3 is 2.84 bits per heavy atom. The van der Waals surface area contributed by atoms with Crippen molar-refractivity contribution in [1.29, 1.82) is 0 Å². The first kappa shape index (κ1) is 25.4. The van der Waals surface area contributed by atoms with Gasteiger partial charge in [-0.05, 0) is 19.1 Å². The van der Waals surface area contributed by atoms with Gasteiger partial charge in [0.25, 0.3) is 5.92 Å². The van der Waals surface area contributed by atoms with Crippen LogP contribution in [0.1, 0.15) is 36.9 Å². The Kier molecular flexibility index (Phi) is 6.86. The highest BCUT2D eigenvalue weighted by molar-refractivity contribution is 6.29. The number of pyridine rings is 1. The first-order chi connectivity index (χ1) is 18.2. The lowest BCUT2D eigenvalue weighted by Gasteiger charge is -2.17. The van der Waals surface area contributed by atoms with Gasteiger partial charge < -0.3 is 15.8 Å². The molecule has 4 heterocycles. The van der Waals surface area contributed by atoms with E-state index >= 15 is 0 Å². The van der Waals surface area contributed by atoms with Crippen LogP contribution in [0.15, 0.2) is 43.1 Å². The summed E-state index contributed by atoms with van der Waals surface area (Å²) in [5.41, 5.74) is 8.27. The van der Waals surface area contributed by atoms with E-state index in [4.69, 9.17) is 22.1 Å². The number of nitrogens with one attached hydrogen (secondary N) is 1. The molecule has 10 nitrogen and oxygen atoms in total. The van der Waals surface area contributed by atoms with Crippen LogP contribution in [-0.2, 0) is 7.05 Å². The summed E-state index contributed by atoms with van der Waals surface area (Å²) in [6, 6.07) is 2.39. The molecule has 4 aromatic heterocycles. The smallest absolute Gasteiger partial charge is 0.272 e. The van der Waals surface area contributed by atoms with E-state index in [9.17, 15) is 8.78 Å². The first-order valence-electron chi connectivity index (χ1n) is 11.8. The van der Waals surface area contributed by atoms with E-state index in [2.05, 4.69) is 42.3 Å². The lowest BCUT2D eigenvalue weighted by Crippen LogP contribution is -2.19. The molecule has 13 heteroatoms. The van der Waals surface area contributed by atoms with Gasteiger partial charge in [-0.3, -0.25) is 4.68 Å².